The maximum atomic E-state index is 12.6. The number of benzene rings is 2. The van der Waals surface area contributed by atoms with Crippen molar-refractivity contribution in [3.8, 4) is 5.75 Å². The molecule has 0 unspecified atom stereocenters. The van der Waals surface area contributed by atoms with Crippen LogP contribution in [0.25, 0.3) is 0 Å². The van der Waals surface area contributed by atoms with Crippen molar-refractivity contribution in [2.45, 2.75) is 32.6 Å². The van der Waals surface area contributed by atoms with Gasteiger partial charge in [-0.05, 0) is 55.0 Å². The highest BCUT2D eigenvalue weighted by atomic mass is 35.5. The van der Waals surface area contributed by atoms with Crippen molar-refractivity contribution in [2.24, 2.45) is 5.92 Å². The highest BCUT2D eigenvalue weighted by Gasteiger charge is 2.35. The van der Waals surface area contributed by atoms with Crippen molar-refractivity contribution in [1.29, 1.82) is 0 Å². The van der Waals surface area contributed by atoms with Crippen molar-refractivity contribution >= 4 is 34.8 Å². The third-order valence-electron chi connectivity index (χ3n) is 4.77. The van der Waals surface area contributed by atoms with Gasteiger partial charge >= 0.3 is 0 Å². The summed E-state index contributed by atoms with van der Waals surface area (Å²) >= 11 is 5.90. The first-order valence-corrected chi connectivity index (χ1v) is 10.0. The second-order valence-electron chi connectivity index (χ2n) is 6.95. The van der Waals surface area contributed by atoms with Gasteiger partial charge in [0.2, 0.25) is 11.8 Å². The molecule has 148 valence electrons. The van der Waals surface area contributed by atoms with Gasteiger partial charge in [0, 0.05) is 29.4 Å². The van der Waals surface area contributed by atoms with Gasteiger partial charge < -0.3 is 15.0 Å². The number of unbranched alkanes of at least 4 members (excludes halogenated alkanes) is 2. The zero-order valence-electron chi connectivity index (χ0n) is 16.0. The summed E-state index contributed by atoms with van der Waals surface area (Å²) in [6.07, 6.45) is 3.55. The summed E-state index contributed by atoms with van der Waals surface area (Å²) < 4.78 is 5.68. The smallest absolute Gasteiger partial charge is 0.229 e. The molecule has 0 aromatic heterocycles. The molecule has 0 radical (unpaired) electrons. The third kappa shape index (κ3) is 5.26. The van der Waals surface area contributed by atoms with Crippen LogP contribution in [0.2, 0.25) is 5.02 Å². The second-order valence-corrected chi connectivity index (χ2v) is 7.39. The largest absolute Gasteiger partial charge is 0.494 e. The molecule has 3 rings (SSSR count). The minimum atomic E-state index is -0.381. The normalized spacial score (nSPS) is 16.3. The zero-order chi connectivity index (χ0) is 19.9. The predicted octanol–water partition coefficient (Wildman–Crippen LogP) is 4.90. The molecule has 6 heteroatoms. The summed E-state index contributed by atoms with van der Waals surface area (Å²) in [6.45, 7) is 3.22. The number of rotatable bonds is 8. The van der Waals surface area contributed by atoms with E-state index < -0.39 is 0 Å². The van der Waals surface area contributed by atoms with Gasteiger partial charge in [-0.15, -0.1) is 0 Å². The van der Waals surface area contributed by atoms with Crippen LogP contribution in [0.3, 0.4) is 0 Å². The molecule has 1 aliphatic heterocycles. The Hall–Kier alpha value is -2.53. The average molecular weight is 401 g/mol. The number of nitrogens with one attached hydrogen (secondary N) is 1. The zero-order valence-corrected chi connectivity index (χ0v) is 16.7. The lowest BCUT2D eigenvalue weighted by atomic mass is 10.1. The van der Waals surface area contributed by atoms with E-state index in [0.29, 0.717) is 23.9 Å². The van der Waals surface area contributed by atoms with E-state index in [1.807, 2.05) is 24.3 Å². The number of halogens is 1. The summed E-state index contributed by atoms with van der Waals surface area (Å²) in [4.78, 5) is 26.5. The maximum absolute atomic E-state index is 12.6. The topological polar surface area (TPSA) is 58.6 Å². The van der Waals surface area contributed by atoms with E-state index in [-0.39, 0.29) is 24.2 Å². The highest BCUT2D eigenvalue weighted by molar-refractivity contribution is 6.30. The molecule has 2 aromatic rings. The Morgan fingerprint density at radius 2 is 1.86 bits per heavy atom. The first kappa shape index (κ1) is 20.2. The van der Waals surface area contributed by atoms with Gasteiger partial charge in [0.05, 0.1) is 12.5 Å². The number of carbonyl (C=O) groups excluding carboxylic acids is 2. The lowest BCUT2D eigenvalue weighted by Crippen LogP contribution is -2.28. The second kappa shape index (κ2) is 9.60. The average Bonchev–Trinajstić information content (AvgIpc) is 3.09. The molecule has 1 fully saturated rings. The van der Waals surface area contributed by atoms with Crippen LogP contribution in [0, 0.1) is 5.92 Å². The Kier molecular flexibility index (Phi) is 6.93. The number of amides is 2. The summed E-state index contributed by atoms with van der Waals surface area (Å²) in [5.41, 5.74) is 1.46. The van der Waals surface area contributed by atoms with Gasteiger partial charge in [0.15, 0.2) is 0 Å². The number of ether oxygens (including phenoxy) is 1. The quantitative estimate of drug-likeness (QED) is 0.641. The molecule has 5 nitrogen and oxygen atoms in total. The van der Waals surface area contributed by atoms with E-state index in [4.69, 9.17) is 16.3 Å². The molecular weight excluding hydrogens is 376 g/mol. The number of anilines is 2. The Morgan fingerprint density at radius 1 is 1.14 bits per heavy atom. The molecule has 1 heterocycles. The molecule has 1 N–H and O–H groups in total. The fourth-order valence-corrected chi connectivity index (χ4v) is 3.30. The van der Waals surface area contributed by atoms with Crippen LogP contribution in [0.5, 0.6) is 5.75 Å². The van der Waals surface area contributed by atoms with Crippen LogP contribution < -0.4 is 15.0 Å². The van der Waals surface area contributed by atoms with Crippen LogP contribution in [0.15, 0.2) is 48.5 Å². The van der Waals surface area contributed by atoms with Crippen LogP contribution in [-0.4, -0.2) is 25.0 Å². The van der Waals surface area contributed by atoms with E-state index in [0.717, 1.165) is 30.7 Å². The number of hydrogen-bond donors (Lipinski definition) is 1. The minimum Gasteiger partial charge on any atom is -0.494 e. The van der Waals surface area contributed by atoms with Gasteiger partial charge in [-0.1, -0.05) is 31.4 Å². The van der Waals surface area contributed by atoms with Gasteiger partial charge in [-0.25, -0.2) is 0 Å². The van der Waals surface area contributed by atoms with Crippen molar-refractivity contribution in [3.05, 3.63) is 53.6 Å². The van der Waals surface area contributed by atoms with E-state index in [1.165, 1.54) is 0 Å². The lowest BCUT2D eigenvalue weighted by molar-refractivity contribution is -0.122. The van der Waals surface area contributed by atoms with Gasteiger partial charge in [-0.3, -0.25) is 9.59 Å². The van der Waals surface area contributed by atoms with Crippen molar-refractivity contribution in [2.75, 3.05) is 23.4 Å². The van der Waals surface area contributed by atoms with Crippen LogP contribution in [-0.2, 0) is 9.59 Å². The summed E-state index contributed by atoms with van der Waals surface area (Å²) in [5, 5.41) is 3.51. The number of carbonyl (C=O) groups is 2. The highest BCUT2D eigenvalue weighted by Crippen LogP contribution is 2.27. The van der Waals surface area contributed by atoms with Crippen LogP contribution in [0.1, 0.15) is 32.6 Å². The van der Waals surface area contributed by atoms with Crippen molar-refractivity contribution < 1.29 is 14.3 Å². The fourth-order valence-electron chi connectivity index (χ4n) is 3.17. The molecule has 2 amide bonds. The fraction of sp³-hybridized carbons (Fsp3) is 0.364. The van der Waals surface area contributed by atoms with Crippen LogP contribution >= 0.6 is 11.6 Å². The van der Waals surface area contributed by atoms with E-state index in [2.05, 4.69) is 12.2 Å². The molecule has 1 saturated heterocycles. The van der Waals surface area contributed by atoms with Crippen molar-refractivity contribution in [1.82, 2.24) is 0 Å². The molecule has 28 heavy (non-hydrogen) atoms. The van der Waals surface area contributed by atoms with Gasteiger partial charge in [0.25, 0.3) is 0 Å². The minimum absolute atomic E-state index is 0.0571. The Morgan fingerprint density at radius 3 is 2.54 bits per heavy atom. The summed E-state index contributed by atoms with van der Waals surface area (Å²) in [7, 11) is 0. The Labute approximate surface area is 170 Å². The van der Waals surface area contributed by atoms with E-state index >= 15 is 0 Å². The summed E-state index contributed by atoms with van der Waals surface area (Å²) in [6, 6.07) is 14.4. The first-order valence-electron chi connectivity index (χ1n) is 9.66. The molecule has 0 aliphatic carbocycles. The van der Waals surface area contributed by atoms with Crippen LogP contribution in [0.4, 0.5) is 11.4 Å². The molecule has 2 aromatic carbocycles. The predicted molar refractivity (Wildman–Crippen MR) is 112 cm³/mol. The lowest BCUT2D eigenvalue weighted by Gasteiger charge is -2.17. The number of hydrogen-bond acceptors (Lipinski definition) is 3. The van der Waals surface area contributed by atoms with Crippen molar-refractivity contribution in [3.63, 3.8) is 0 Å². The third-order valence-corrected chi connectivity index (χ3v) is 5.02. The standard InChI is InChI=1S/C22H25ClN2O3/c1-2-3-4-13-28-20-11-7-18(8-12-20)24-22(27)16-14-21(26)25(15-16)19-9-5-17(23)6-10-19/h5-12,16H,2-4,13-15H2,1H3,(H,24,27)/t16-/m1/s1. The molecule has 1 atom stereocenters. The maximum Gasteiger partial charge on any atom is 0.229 e. The Bertz CT molecular complexity index is 806. The molecule has 0 saturated carbocycles. The molecule has 0 spiro atoms. The molecular formula is C22H25ClN2O3. The first-order chi connectivity index (χ1) is 13.6. The van der Waals surface area contributed by atoms with Gasteiger partial charge in [0.1, 0.15) is 5.75 Å². The molecule has 0 bridgehead atoms. The monoisotopic (exact) mass is 400 g/mol. The summed E-state index contributed by atoms with van der Waals surface area (Å²) in [5.74, 6) is 0.201. The molecule has 1 aliphatic rings. The number of nitrogens with zero attached hydrogens (tertiary/aromatic N) is 1. The van der Waals surface area contributed by atoms with E-state index in [1.54, 1.807) is 29.2 Å². The SMILES string of the molecule is CCCCCOc1ccc(NC(=O)[C@@H]2CC(=O)N(c3ccc(Cl)cc3)C2)cc1. The Balaban J connectivity index is 1.53. The van der Waals surface area contributed by atoms with E-state index in [9.17, 15) is 9.59 Å². The van der Waals surface area contributed by atoms with Gasteiger partial charge in [-0.2, -0.15) is 0 Å².